The van der Waals surface area contributed by atoms with Crippen molar-refractivity contribution in [3.63, 3.8) is 0 Å². The van der Waals surface area contributed by atoms with Gasteiger partial charge in [-0.3, -0.25) is 0 Å². The highest BCUT2D eigenvalue weighted by molar-refractivity contribution is 5.56. The quantitative estimate of drug-likeness (QED) is 0.757. The van der Waals surface area contributed by atoms with E-state index in [1.54, 1.807) is 0 Å². The van der Waals surface area contributed by atoms with Crippen LogP contribution in [0.5, 0.6) is 5.75 Å². The molecule has 98 valence electrons. The summed E-state index contributed by atoms with van der Waals surface area (Å²) in [5.74, 6) is -0.241. The Balaban J connectivity index is 0.000000148. The molecule has 0 spiro atoms. The lowest BCUT2D eigenvalue weighted by Crippen LogP contribution is -2.01. The number of phenols is 1. The van der Waals surface area contributed by atoms with Gasteiger partial charge >= 0.3 is 0 Å². The summed E-state index contributed by atoms with van der Waals surface area (Å²) in [6.07, 6.45) is 4.52. The van der Waals surface area contributed by atoms with Crippen molar-refractivity contribution in [3.8, 4) is 5.75 Å². The van der Waals surface area contributed by atoms with Gasteiger partial charge in [0.1, 0.15) is 11.6 Å². The van der Waals surface area contributed by atoms with Crippen molar-refractivity contribution < 1.29 is 14.6 Å². The van der Waals surface area contributed by atoms with E-state index in [9.17, 15) is 9.50 Å². The highest BCUT2D eigenvalue weighted by atomic mass is 19.1. The molecule has 2 nitrogen and oxygen atoms in total. The second-order valence-electron chi connectivity index (χ2n) is 4.26. The molecule has 1 aliphatic carbocycles. The topological polar surface area (TPSA) is 40.5 Å². The smallest absolute Gasteiger partial charge is 0.123 e. The summed E-state index contributed by atoms with van der Waals surface area (Å²) in [5.41, 5.74) is 2.20. The van der Waals surface area contributed by atoms with Gasteiger partial charge in [0.25, 0.3) is 0 Å². The minimum absolute atomic E-state index is 0.0893. The summed E-state index contributed by atoms with van der Waals surface area (Å²) in [6, 6.07) is 13.0. The number of aromatic hydroxyl groups is 1. The average Bonchev–Trinajstić information content (AvgIpc) is 2.44. The van der Waals surface area contributed by atoms with Crippen molar-refractivity contribution in [2.75, 3.05) is 0 Å². The fourth-order valence-corrected chi connectivity index (χ4v) is 1.86. The summed E-state index contributed by atoms with van der Waals surface area (Å²) < 4.78 is 12.0. The van der Waals surface area contributed by atoms with Gasteiger partial charge in [-0.15, -0.1) is 0 Å². The molecule has 19 heavy (non-hydrogen) atoms. The Kier molecular flexibility index (Phi) is 4.31. The molecule has 1 aliphatic rings. The predicted molar refractivity (Wildman–Crippen MR) is 73.1 cm³/mol. The minimum atomic E-state index is -0.331. The Labute approximate surface area is 111 Å². The Morgan fingerprint density at radius 1 is 1.00 bits per heavy atom. The van der Waals surface area contributed by atoms with Crippen molar-refractivity contribution in [2.24, 2.45) is 0 Å². The second-order valence-corrected chi connectivity index (χ2v) is 4.26. The summed E-state index contributed by atoms with van der Waals surface area (Å²) in [7, 11) is 0. The summed E-state index contributed by atoms with van der Waals surface area (Å²) >= 11 is 0. The van der Waals surface area contributed by atoms with E-state index in [2.05, 4.69) is 6.08 Å². The molecule has 0 amide bonds. The molecule has 0 bridgehead atoms. The molecule has 0 aromatic heterocycles. The zero-order valence-corrected chi connectivity index (χ0v) is 10.3. The third-order valence-corrected chi connectivity index (χ3v) is 2.84. The predicted octanol–water partition coefficient (Wildman–Crippen LogP) is 3.67. The van der Waals surface area contributed by atoms with Crippen LogP contribution in [-0.2, 0) is 0 Å². The lowest BCUT2D eigenvalue weighted by Gasteiger charge is -2.15. The van der Waals surface area contributed by atoms with Crippen LogP contribution >= 0.6 is 0 Å². The van der Waals surface area contributed by atoms with E-state index >= 15 is 0 Å². The van der Waals surface area contributed by atoms with Gasteiger partial charge in [-0.2, -0.15) is 0 Å². The van der Waals surface area contributed by atoms with Gasteiger partial charge < -0.3 is 10.2 Å². The standard InChI is InChI=1S/C10H10O.C6H5FO/c11-10-7-3-5-8-4-1-2-6-9(8)10;7-5-1-3-6(8)4-2-5/h1-6,10-11H,7H2;1-4,8H/t10-;/m1./s1. The Hall–Kier alpha value is -2.13. The molecule has 3 heteroatoms. The van der Waals surface area contributed by atoms with Crippen molar-refractivity contribution in [2.45, 2.75) is 12.5 Å². The van der Waals surface area contributed by atoms with Crippen molar-refractivity contribution in [1.29, 1.82) is 0 Å². The lowest BCUT2D eigenvalue weighted by molar-refractivity contribution is 0.180. The molecular formula is C16H15FO2. The van der Waals surface area contributed by atoms with Crippen molar-refractivity contribution >= 4 is 6.08 Å². The number of halogens is 1. The van der Waals surface area contributed by atoms with Crippen LogP contribution in [0, 0.1) is 5.82 Å². The molecule has 1 atom stereocenters. The molecule has 2 N–H and O–H groups in total. The summed E-state index contributed by atoms with van der Waals surface area (Å²) in [6.45, 7) is 0. The summed E-state index contributed by atoms with van der Waals surface area (Å²) in [5, 5.41) is 18.1. The molecule has 2 aromatic carbocycles. The molecule has 3 rings (SSSR count). The first-order valence-electron chi connectivity index (χ1n) is 6.05. The van der Waals surface area contributed by atoms with E-state index in [1.807, 2.05) is 30.3 Å². The van der Waals surface area contributed by atoms with Crippen LogP contribution in [0.3, 0.4) is 0 Å². The SMILES string of the molecule is O[C@@H]1CC=Cc2ccccc21.Oc1ccc(F)cc1. The van der Waals surface area contributed by atoms with Crippen molar-refractivity contribution in [3.05, 3.63) is 71.6 Å². The van der Waals surface area contributed by atoms with Gasteiger partial charge in [-0.1, -0.05) is 36.4 Å². The number of aliphatic hydroxyl groups excluding tert-OH is 1. The third kappa shape index (κ3) is 3.66. The molecule has 0 saturated carbocycles. The molecule has 0 unspecified atom stereocenters. The van der Waals surface area contributed by atoms with Crippen LogP contribution < -0.4 is 0 Å². The number of benzene rings is 2. The maximum Gasteiger partial charge on any atom is 0.123 e. The van der Waals surface area contributed by atoms with Gasteiger partial charge in [0, 0.05) is 0 Å². The van der Waals surface area contributed by atoms with Gasteiger partial charge in [-0.05, 0) is 41.8 Å². The maximum absolute atomic E-state index is 12.0. The number of fused-ring (bicyclic) bond motifs is 1. The molecule has 0 aliphatic heterocycles. The minimum Gasteiger partial charge on any atom is -0.508 e. The number of rotatable bonds is 0. The van der Waals surface area contributed by atoms with E-state index in [1.165, 1.54) is 24.3 Å². The normalized spacial score (nSPS) is 16.2. The van der Waals surface area contributed by atoms with Crippen molar-refractivity contribution in [1.82, 2.24) is 0 Å². The molecule has 0 fully saturated rings. The molecule has 0 heterocycles. The molecular weight excluding hydrogens is 243 g/mol. The van der Waals surface area contributed by atoms with Gasteiger partial charge in [0.2, 0.25) is 0 Å². The zero-order valence-electron chi connectivity index (χ0n) is 10.3. The Morgan fingerprint density at radius 3 is 2.32 bits per heavy atom. The van der Waals surface area contributed by atoms with E-state index in [0.29, 0.717) is 0 Å². The number of hydrogen-bond acceptors (Lipinski definition) is 2. The largest absolute Gasteiger partial charge is 0.508 e. The van der Waals surface area contributed by atoms with Crippen LogP contribution in [0.25, 0.3) is 6.08 Å². The van der Waals surface area contributed by atoms with Crippen LogP contribution in [-0.4, -0.2) is 10.2 Å². The molecule has 0 saturated heterocycles. The first-order valence-corrected chi connectivity index (χ1v) is 6.05. The van der Waals surface area contributed by atoms with Crippen LogP contribution in [0.4, 0.5) is 4.39 Å². The maximum atomic E-state index is 12.0. The second kappa shape index (κ2) is 6.16. The highest BCUT2D eigenvalue weighted by Crippen LogP contribution is 2.26. The van der Waals surface area contributed by atoms with E-state index < -0.39 is 0 Å². The average molecular weight is 258 g/mol. The first-order chi connectivity index (χ1) is 9.16. The van der Waals surface area contributed by atoms with Gasteiger partial charge in [0.05, 0.1) is 6.10 Å². The van der Waals surface area contributed by atoms with E-state index in [4.69, 9.17) is 5.11 Å². The van der Waals surface area contributed by atoms with Gasteiger partial charge in [-0.25, -0.2) is 4.39 Å². The number of phenolic OH excluding ortho intramolecular Hbond substituents is 1. The van der Waals surface area contributed by atoms with Crippen LogP contribution in [0.15, 0.2) is 54.6 Å². The zero-order chi connectivity index (χ0) is 13.7. The number of hydrogen-bond donors (Lipinski definition) is 2. The van der Waals surface area contributed by atoms with Crippen LogP contribution in [0.1, 0.15) is 23.7 Å². The van der Waals surface area contributed by atoms with Crippen LogP contribution in [0.2, 0.25) is 0 Å². The fourth-order valence-electron chi connectivity index (χ4n) is 1.86. The van der Waals surface area contributed by atoms with Gasteiger partial charge in [0.15, 0.2) is 0 Å². The highest BCUT2D eigenvalue weighted by Gasteiger charge is 2.11. The van der Waals surface area contributed by atoms with E-state index in [0.717, 1.165) is 17.5 Å². The lowest BCUT2D eigenvalue weighted by atomic mass is 9.95. The monoisotopic (exact) mass is 258 g/mol. The Morgan fingerprint density at radius 2 is 1.68 bits per heavy atom. The molecule has 0 radical (unpaired) electrons. The third-order valence-electron chi connectivity index (χ3n) is 2.84. The Bertz CT molecular complexity index is 540. The number of aliphatic hydroxyl groups is 1. The molecule has 2 aromatic rings. The van der Waals surface area contributed by atoms with E-state index in [-0.39, 0.29) is 17.7 Å². The summed E-state index contributed by atoms with van der Waals surface area (Å²) in [4.78, 5) is 0. The first kappa shape index (κ1) is 13.3. The fraction of sp³-hybridized carbons (Fsp3) is 0.125.